The maximum absolute atomic E-state index is 4.57. The minimum Gasteiger partial charge on any atom is -0.367 e. The van der Waals surface area contributed by atoms with Crippen molar-refractivity contribution in [2.45, 2.75) is 51.1 Å². The molecule has 1 atom stereocenters. The van der Waals surface area contributed by atoms with E-state index in [1.54, 1.807) is 0 Å². The van der Waals surface area contributed by atoms with Crippen LogP contribution in [0.1, 0.15) is 50.6 Å². The lowest BCUT2D eigenvalue weighted by molar-refractivity contribution is 0.157. The van der Waals surface area contributed by atoms with E-state index in [0.717, 1.165) is 12.4 Å². The molecule has 1 aliphatic heterocycles. The van der Waals surface area contributed by atoms with Gasteiger partial charge in [0.05, 0.1) is 0 Å². The van der Waals surface area contributed by atoms with Gasteiger partial charge >= 0.3 is 0 Å². The second kappa shape index (κ2) is 5.27. The zero-order chi connectivity index (χ0) is 12.4. The highest BCUT2D eigenvalue weighted by molar-refractivity contribution is 5.38. The van der Waals surface area contributed by atoms with Crippen LogP contribution < -0.4 is 5.32 Å². The van der Waals surface area contributed by atoms with Gasteiger partial charge in [0.25, 0.3) is 0 Å². The van der Waals surface area contributed by atoms with E-state index in [1.165, 1.54) is 44.2 Å². The maximum atomic E-state index is 4.57. The van der Waals surface area contributed by atoms with E-state index >= 15 is 0 Å². The summed E-state index contributed by atoms with van der Waals surface area (Å²) in [4.78, 5) is 7.14. The fraction of sp³-hybridized carbons (Fsp3) is 0.667. The first-order chi connectivity index (χ1) is 8.86. The molecule has 1 aromatic heterocycles. The molecule has 98 valence electrons. The lowest BCUT2D eigenvalue weighted by atomic mass is 9.96. The molecule has 2 heterocycles. The van der Waals surface area contributed by atoms with Crippen molar-refractivity contribution >= 4 is 5.82 Å². The molecule has 2 aliphatic rings. The standard InChI is InChI=1S/C15H23N3/c1-2-18-10-4-3-5-14(18)12-6-9-15(16-11-12)17-13-7-8-13/h6,9,11,13-14H,2-5,7-8,10H2,1H3,(H,16,17)/t14-/m0/s1. The SMILES string of the molecule is CCN1CCCC[C@H]1c1ccc(NC2CC2)nc1. The van der Waals surface area contributed by atoms with Crippen molar-refractivity contribution in [2.24, 2.45) is 0 Å². The maximum Gasteiger partial charge on any atom is 0.126 e. The summed E-state index contributed by atoms with van der Waals surface area (Å²) in [6, 6.07) is 5.68. The number of anilines is 1. The molecule has 0 amide bonds. The third-order valence-electron chi connectivity index (χ3n) is 4.12. The monoisotopic (exact) mass is 245 g/mol. The number of aromatic nitrogens is 1. The Morgan fingerprint density at radius 1 is 1.28 bits per heavy atom. The van der Waals surface area contributed by atoms with E-state index in [0.29, 0.717) is 12.1 Å². The highest BCUT2D eigenvalue weighted by Crippen LogP contribution is 2.31. The van der Waals surface area contributed by atoms with Gasteiger partial charge in [-0.25, -0.2) is 4.98 Å². The van der Waals surface area contributed by atoms with Gasteiger partial charge in [0.15, 0.2) is 0 Å². The number of hydrogen-bond donors (Lipinski definition) is 1. The first-order valence-electron chi connectivity index (χ1n) is 7.33. The largest absolute Gasteiger partial charge is 0.367 e. The fourth-order valence-corrected chi connectivity index (χ4v) is 2.87. The van der Waals surface area contributed by atoms with E-state index in [2.05, 4.69) is 40.5 Å². The predicted molar refractivity (Wildman–Crippen MR) is 74.7 cm³/mol. The molecule has 1 aliphatic carbocycles. The summed E-state index contributed by atoms with van der Waals surface area (Å²) in [6.07, 6.45) is 8.65. The summed E-state index contributed by atoms with van der Waals surface area (Å²) in [7, 11) is 0. The Hall–Kier alpha value is -1.09. The number of hydrogen-bond acceptors (Lipinski definition) is 3. The van der Waals surface area contributed by atoms with Crippen LogP contribution in [-0.2, 0) is 0 Å². The van der Waals surface area contributed by atoms with E-state index in [4.69, 9.17) is 0 Å². The highest BCUT2D eigenvalue weighted by Gasteiger charge is 2.24. The Balaban J connectivity index is 1.69. The summed E-state index contributed by atoms with van der Waals surface area (Å²) in [5.74, 6) is 1.04. The Bertz CT molecular complexity index is 383. The first-order valence-corrected chi connectivity index (χ1v) is 7.33. The predicted octanol–water partition coefficient (Wildman–Crippen LogP) is 3.20. The minimum atomic E-state index is 0.589. The van der Waals surface area contributed by atoms with Gasteiger partial charge in [-0.15, -0.1) is 0 Å². The van der Waals surface area contributed by atoms with Gasteiger partial charge < -0.3 is 5.32 Å². The van der Waals surface area contributed by atoms with Crippen LogP contribution >= 0.6 is 0 Å². The summed E-state index contributed by atoms with van der Waals surface area (Å²) < 4.78 is 0. The smallest absolute Gasteiger partial charge is 0.126 e. The molecule has 3 rings (SSSR count). The van der Waals surface area contributed by atoms with Crippen LogP contribution in [0.5, 0.6) is 0 Å². The Labute approximate surface area is 110 Å². The molecule has 0 aromatic carbocycles. The number of rotatable bonds is 4. The summed E-state index contributed by atoms with van der Waals surface area (Å²) in [6.45, 7) is 4.64. The normalized spacial score (nSPS) is 25.1. The Kier molecular flexibility index (Phi) is 3.50. The molecule has 1 N–H and O–H groups in total. The molecular weight excluding hydrogens is 222 g/mol. The second-order valence-corrected chi connectivity index (χ2v) is 5.54. The Morgan fingerprint density at radius 2 is 2.17 bits per heavy atom. The van der Waals surface area contributed by atoms with Crippen molar-refractivity contribution in [2.75, 3.05) is 18.4 Å². The van der Waals surface area contributed by atoms with Gasteiger partial charge in [-0.3, -0.25) is 4.90 Å². The third-order valence-corrected chi connectivity index (χ3v) is 4.12. The molecule has 0 radical (unpaired) electrons. The lowest BCUT2D eigenvalue weighted by Gasteiger charge is -2.35. The van der Waals surface area contributed by atoms with Gasteiger partial charge in [0.1, 0.15) is 5.82 Å². The van der Waals surface area contributed by atoms with E-state index in [1.807, 2.05) is 0 Å². The topological polar surface area (TPSA) is 28.2 Å². The molecule has 0 unspecified atom stereocenters. The van der Waals surface area contributed by atoms with Crippen LogP contribution in [0.15, 0.2) is 18.3 Å². The molecule has 1 saturated heterocycles. The fourth-order valence-electron chi connectivity index (χ4n) is 2.87. The first kappa shape index (κ1) is 12.0. The third kappa shape index (κ3) is 2.66. The molecule has 1 saturated carbocycles. The molecule has 0 spiro atoms. The van der Waals surface area contributed by atoms with Crippen LogP contribution in [-0.4, -0.2) is 29.0 Å². The van der Waals surface area contributed by atoms with Crippen molar-refractivity contribution in [1.29, 1.82) is 0 Å². The zero-order valence-corrected chi connectivity index (χ0v) is 11.2. The molecule has 3 nitrogen and oxygen atoms in total. The average molecular weight is 245 g/mol. The van der Waals surface area contributed by atoms with Gasteiger partial charge in [-0.2, -0.15) is 0 Å². The Morgan fingerprint density at radius 3 is 2.83 bits per heavy atom. The number of nitrogens with one attached hydrogen (secondary N) is 1. The van der Waals surface area contributed by atoms with Gasteiger partial charge in [-0.05, 0) is 50.4 Å². The quantitative estimate of drug-likeness (QED) is 0.883. The lowest BCUT2D eigenvalue weighted by Crippen LogP contribution is -2.33. The summed E-state index contributed by atoms with van der Waals surface area (Å²) in [5, 5.41) is 3.45. The molecule has 2 fully saturated rings. The van der Waals surface area contributed by atoms with E-state index in [9.17, 15) is 0 Å². The van der Waals surface area contributed by atoms with Crippen molar-refractivity contribution in [3.63, 3.8) is 0 Å². The molecule has 0 bridgehead atoms. The highest BCUT2D eigenvalue weighted by atomic mass is 15.2. The van der Waals surface area contributed by atoms with E-state index < -0.39 is 0 Å². The van der Waals surface area contributed by atoms with Crippen molar-refractivity contribution in [3.8, 4) is 0 Å². The number of nitrogens with zero attached hydrogens (tertiary/aromatic N) is 2. The van der Waals surface area contributed by atoms with Crippen LogP contribution in [0.4, 0.5) is 5.82 Å². The van der Waals surface area contributed by atoms with Crippen LogP contribution in [0, 0.1) is 0 Å². The summed E-state index contributed by atoms with van der Waals surface area (Å²) in [5.41, 5.74) is 1.39. The van der Waals surface area contributed by atoms with Crippen LogP contribution in [0.3, 0.4) is 0 Å². The zero-order valence-electron chi connectivity index (χ0n) is 11.2. The van der Waals surface area contributed by atoms with Crippen molar-refractivity contribution in [3.05, 3.63) is 23.9 Å². The number of likely N-dealkylation sites (tertiary alicyclic amines) is 1. The van der Waals surface area contributed by atoms with Gasteiger partial charge in [0, 0.05) is 18.3 Å². The summed E-state index contributed by atoms with van der Waals surface area (Å²) >= 11 is 0. The molecular formula is C15H23N3. The van der Waals surface area contributed by atoms with Crippen LogP contribution in [0.25, 0.3) is 0 Å². The number of pyridine rings is 1. The average Bonchev–Trinajstić information content (AvgIpc) is 3.24. The number of piperidine rings is 1. The molecule has 3 heteroatoms. The van der Waals surface area contributed by atoms with Crippen molar-refractivity contribution in [1.82, 2.24) is 9.88 Å². The van der Waals surface area contributed by atoms with Crippen LogP contribution in [0.2, 0.25) is 0 Å². The van der Waals surface area contributed by atoms with Gasteiger partial charge in [0.2, 0.25) is 0 Å². The molecule has 1 aromatic rings. The second-order valence-electron chi connectivity index (χ2n) is 5.54. The minimum absolute atomic E-state index is 0.589. The van der Waals surface area contributed by atoms with E-state index in [-0.39, 0.29) is 0 Å². The molecule has 18 heavy (non-hydrogen) atoms. The van der Waals surface area contributed by atoms with Gasteiger partial charge in [-0.1, -0.05) is 19.4 Å². The van der Waals surface area contributed by atoms with Crippen molar-refractivity contribution < 1.29 is 0 Å².